The zero-order valence-electron chi connectivity index (χ0n) is 9.09. The molecule has 16 heavy (non-hydrogen) atoms. The second-order valence-corrected chi connectivity index (χ2v) is 3.87. The molecule has 0 radical (unpaired) electrons. The van der Waals surface area contributed by atoms with Crippen molar-refractivity contribution in [1.82, 2.24) is 0 Å². The minimum absolute atomic E-state index is 0.113. The molecule has 0 saturated carbocycles. The van der Waals surface area contributed by atoms with Crippen molar-refractivity contribution in [3.05, 3.63) is 59.7 Å². The van der Waals surface area contributed by atoms with Crippen LogP contribution in [-0.4, -0.2) is 10.2 Å². The monoisotopic (exact) mass is 214 g/mol. The van der Waals surface area contributed by atoms with Gasteiger partial charge in [0, 0.05) is 11.5 Å². The molecule has 0 heterocycles. The zero-order valence-corrected chi connectivity index (χ0v) is 9.09. The van der Waals surface area contributed by atoms with Crippen molar-refractivity contribution < 1.29 is 10.2 Å². The standard InChI is InChI=1S/C14H14O2/c1-10(11-6-8-12(15)9-7-11)13-4-2-3-5-14(13)16/h2-10,15-16H,1H3. The Bertz CT molecular complexity index is 474. The van der Waals surface area contributed by atoms with Gasteiger partial charge in [-0.3, -0.25) is 0 Å². The van der Waals surface area contributed by atoms with Crippen LogP contribution >= 0.6 is 0 Å². The number of rotatable bonds is 2. The summed E-state index contributed by atoms with van der Waals surface area (Å²) in [5.41, 5.74) is 1.97. The fraction of sp³-hybridized carbons (Fsp3) is 0.143. The highest BCUT2D eigenvalue weighted by molar-refractivity contribution is 5.41. The van der Waals surface area contributed by atoms with Gasteiger partial charge in [0.1, 0.15) is 11.5 Å². The van der Waals surface area contributed by atoms with Crippen molar-refractivity contribution >= 4 is 0 Å². The fourth-order valence-electron chi connectivity index (χ4n) is 1.80. The van der Waals surface area contributed by atoms with Crippen molar-refractivity contribution in [3.63, 3.8) is 0 Å². The summed E-state index contributed by atoms with van der Waals surface area (Å²) >= 11 is 0. The third kappa shape index (κ3) is 2.01. The van der Waals surface area contributed by atoms with Crippen LogP contribution in [0.15, 0.2) is 48.5 Å². The maximum Gasteiger partial charge on any atom is 0.119 e. The molecule has 2 heteroatoms. The highest BCUT2D eigenvalue weighted by Crippen LogP contribution is 2.31. The van der Waals surface area contributed by atoms with Crippen LogP contribution in [0.1, 0.15) is 24.0 Å². The number of phenols is 2. The predicted octanol–water partition coefficient (Wildman–Crippen LogP) is 3.25. The molecule has 0 aliphatic heterocycles. The van der Waals surface area contributed by atoms with Crippen molar-refractivity contribution in [3.8, 4) is 11.5 Å². The molecule has 2 N–H and O–H groups in total. The van der Waals surface area contributed by atoms with E-state index in [-0.39, 0.29) is 11.7 Å². The summed E-state index contributed by atoms with van der Waals surface area (Å²) in [4.78, 5) is 0. The van der Waals surface area contributed by atoms with Crippen LogP contribution in [0.4, 0.5) is 0 Å². The topological polar surface area (TPSA) is 40.5 Å². The SMILES string of the molecule is CC(c1ccc(O)cc1)c1ccccc1O. The Kier molecular flexibility index (Phi) is 2.82. The fourth-order valence-corrected chi connectivity index (χ4v) is 1.80. The quantitative estimate of drug-likeness (QED) is 0.805. The van der Waals surface area contributed by atoms with Gasteiger partial charge in [-0.15, -0.1) is 0 Å². The van der Waals surface area contributed by atoms with E-state index >= 15 is 0 Å². The molecule has 2 aromatic rings. The van der Waals surface area contributed by atoms with Gasteiger partial charge in [-0.05, 0) is 23.8 Å². The summed E-state index contributed by atoms with van der Waals surface area (Å²) in [5.74, 6) is 0.679. The molecule has 0 saturated heterocycles. The minimum atomic E-state index is 0.113. The first-order valence-electron chi connectivity index (χ1n) is 5.25. The molecule has 0 fully saturated rings. The number of aromatic hydroxyl groups is 2. The molecule has 1 atom stereocenters. The Balaban J connectivity index is 2.35. The van der Waals surface area contributed by atoms with Gasteiger partial charge in [-0.2, -0.15) is 0 Å². The van der Waals surface area contributed by atoms with Gasteiger partial charge in [0.05, 0.1) is 0 Å². The van der Waals surface area contributed by atoms with E-state index in [1.54, 1.807) is 18.2 Å². The molecule has 1 unspecified atom stereocenters. The van der Waals surface area contributed by atoms with Gasteiger partial charge in [0.25, 0.3) is 0 Å². The molecule has 0 aliphatic carbocycles. The Morgan fingerprint density at radius 2 is 1.50 bits per heavy atom. The van der Waals surface area contributed by atoms with Crippen LogP contribution < -0.4 is 0 Å². The lowest BCUT2D eigenvalue weighted by molar-refractivity contribution is 0.466. The van der Waals surface area contributed by atoms with Gasteiger partial charge in [0.2, 0.25) is 0 Å². The van der Waals surface area contributed by atoms with Crippen LogP contribution in [0.3, 0.4) is 0 Å². The number of phenolic OH excluding ortho intramolecular Hbond substituents is 2. The second kappa shape index (κ2) is 4.27. The van der Waals surface area contributed by atoms with Crippen molar-refractivity contribution in [2.75, 3.05) is 0 Å². The van der Waals surface area contributed by atoms with E-state index in [4.69, 9.17) is 0 Å². The molecule has 0 aromatic heterocycles. The highest BCUT2D eigenvalue weighted by Gasteiger charge is 2.11. The van der Waals surface area contributed by atoms with Crippen LogP contribution in [0, 0.1) is 0 Å². The molecule has 0 spiro atoms. The van der Waals surface area contributed by atoms with Gasteiger partial charge in [-0.1, -0.05) is 37.3 Å². The average Bonchev–Trinajstić information content (AvgIpc) is 2.30. The molecule has 82 valence electrons. The lowest BCUT2D eigenvalue weighted by Gasteiger charge is -2.13. The van der Waals surface area contributed by atoms with Crippen molar-refractivity contribution in [1.29, 1.82) is 0 Å². The van der Waals surface area contributed by atoms with Crippen molar-refractivity contribution in [2.24, 2.45) is 0 Å². The molecular formula is C14H14O2. The predicted molar refractivity (Wildman–Crippen MR) is 63.7 cm³/mol. The first-order valence-corrected chi connectivity index (χ1v) is 5.25. The van der Waals surface area contributed by atoms with Crippen molar-refractivity contribution in [2.45, 2.75) is 12.8 Å². The lowest BCUT2D eigenvalue weighted by Crippen LogP contribution is -1.95. The molecule has 0 amide bonds. The molecule has 2 rings (SSSR count). The van der Waals surface area contributed by atoms with E-state index in [2.05, 4.69) is 0 Å². The van der Waals surface area contributed by atoms with Gasteiger partial charge in [0.15, 0.2) is 0 Å². The van der Waals surface area contributed by atoms with E-state index in [1.807, 2.05) is 37.3 Å². The third-order valence-corrected chi connectivity index (χ3v) is 2.80. The van der Waals surface area contributed by atoms with E-state index in [1.165, 1.54) is 0 Å². The smallest absolute Gasteiger partial charge is 0.119 e. The maximum atomic E-state index is 9.75. The summed E-state index contributed by atoms with van der Waals surface area (Å²) < 4.78 is 0. The number of hydrogen-bond donors (Lipinski definition) is 2. The average molecular weight is 214 g/mol. The van der Waals surface area contributed by atoms with E-state index in [9.17, 15) is 10.2 Å². The summed E-state index contributed by atoms with van der Waals surface area (Å²) in [6, 6.07) is 14.4. The number of benzene rings is 2. The first-order chi connectivity index (χ1) is 7.68. The zero-order chi connectivity index (χ0) is 11.5. The van der Waals surface area contributed by atoms with Crippen LogP contribution in [-0.2, 0) is 0 Å². The minimum Gasteiger partial charge on any atom is -0.508 e. The van der Waals surface area contributed by atoms with Crippen LogP contribution in [0.2, 0.25) is 0 Å². The second-order valence-electron chi connectivity index (χ2n) is 3.87. The first kappa shape index (κ1) is 10.6. The highest BCUT2D eigenvalue weighted by atomic mass is 16.3. The van der Waals surface area contributed by atoms with Crippen LogP contribution in [0.25, 0.3) is 0 Å². The van der Waals surface area contributed by atoms with E-state index in [0.29, 0.717) is 5.75 Å². The Morgan fingerprint density at radius 1 is 0.875 bits per heavy atom. The van der Waals surface area contributed by atoms with Crippen LogP contribution in [0.5, 0.6) is 11.5 Å². The largest absolute Gasteiger partial charge is 0.508 e. The van der Waals surface area contributed by atoms with E-state index < -0.39 is 0 Å². The summed E-state index contributed by atoms with van der Waals surface area (Å²) in [5, 5.41) is 19.0. The molecule has 2 aromatic carbocycles. The number of para-hydroxylation sites is 1. The van der Waals surface area contributed by atoms with Gasteiger partial charge in [-0.25, -0.2) is 0 Å². The Hall–Kier alpha value is -1.96. The molecule has 0 bridgehead atoms. The van der Waals surface area contributed by atoms with Gasteiger partial charge >= 0.3 is 0 Å². The molecular weight excluding hydrogens is 200 g/mol. The maximum absolute atomic E-state index is 9.75. The number of hydrogen-bond acceptors (Lipinski definition) is 2. The third-order valence-electron chi connectivity index (χ3n) is 2.80. The van der Waals surface area contributed by atoms with Gasteiger partial charge < -0.3 is 10.2 Å². The molecule has 2 nitrogen and oxygen atoms in total. The summed E-state index contributed by atoms with van der Waals surface area (Å²) in [6.45, 7) is 2.03. The lowest BCUT2D eigenvalue weighted by atomic mass is 9.92. The Morgan fingerprint density at radius 3 is 2.12 bits per heavy atom. The normalized spacial score (nSPS) is 12.3. The Labute approximate surface area is 94.8 Å². The summed E-state index contributed by atoms with van der Waals surface area (Å²) in [7, 11) is 0. The molecule has 0 aliphatic rings. The summed E-state index contributed by atoms with van der Waals surface area (Å²) in [6.07, 6.45) is 0. The van der Waals surface area contributed by atoms with E-state index in [0.717, 1.165) is 11.1 Å².